The number of aryl methyl sites for hydroxylation is 1. The second-order valence-corrected chi connectivity index (χ2v) is 5.96. The van der Waals surface area contributed by atoms with Crippen LogP contribution >= 0.6 is 0 Å². The largest absolute Gasteiger partial charge is 0.451 e. The van der Waals surface area contributed by atoms with Crippen LogP contribution in [0.5, 0.6) is 0 Å². The van der Waals surface area contributed by atoms with Crippen molar-refractivity contribution in [3.05, 3.63) is 76.2 Å². The van der Waals surface area contributed by atoms with Gasteiger partial charge >= 0.3 is 5.97 Å². The lowest BCUT2D eigenvalue weighted by atomic mass is 10.1. The molecule has 0 aliphatic carbocycles. The SMILES string of the molecule is CCn1nc(C(=O)OCC(=O)NNC(=O)c2ccccc2)c2ccccc2c1=O. The summed E-state index contributed by atoms with van der Waals surface area (Å²) in [6.07, 6.45) is 0. The van der Waals surface area contributed by atoms with E-state index >= 15 is 0 Å². The molecule has 0 unspecified atom stereocenters. The van der Waals surface area contributed by atoms with E-state index in [1.165, 1.54) is 0 Å². The molecule has 1 heterocycles. The van der Waals surface area contributed by atoms with Gasteiger partial charge in [0.1, 0.15) is 0 Å². The minimum atomic E-state index is -0.854. The molecule has 0 fully saturated rings. The molecule has 1 aromatic heterocycles. The second-order valence-electron chi connectivity index (χ2n) is 5.96. The van der Waals surface area contributed by atoms with E-state index in [0.29, 0.717) is 16.3 Å². The van der Waals surface area contributed by atoms with Gasteiger partial charge < -0.3 is 4.74 Å². The van der Waals surface area contributed by atoms with Crippen LogP contribution in [-0.4, -0.2) is 34.2 Å². The highest BCUT2D eigenvalue weighted by atomic mass is 16.5. The molecule has 0 aliphatic rings. The number of benzene rings is 2. The van der Waals surface area contributed by atoms with Crippen LogP contribution in [0.4, 0.5) is 0 Å². The summed E-state index contributed by atoms with van der Waals surface area (Å²) in [6, 6.07) is 14.8. The molecular formula is C20H18N4O5. The highest BCUT2D eigenvalue weighted by Gasteiger charge is 2.18. The van der Waals surface area contributed by atoms with Crippen molar-refractivity contribution in [3.8, 4) is 0 Å². The van der Waals surface area contributed by atoms with Crippen molar-refractivity contribution < 1.29 is 19.1 Å². The first-order valence-corrected chi connectivity index (χ1v) is 8.82. The first kappa shape index (κ1) is 19.7. The van der Waals surface area contributed by atoms with Crippen LogP contribution in [0.2, 0.25) is 0 Å². The summed E-state index contributed by atoms with van der Waals surface area (Å²) < 4.78 is 6.15. The molecule has 0 saturated carbocycles. The fourth-order valence-electron chi connectivity index (χ4n) is 2.62. The van der Waals surface area contributed by atoms with Crippen molar-refractivity contribution in [2.24, 2.45) is 0 Å². The molecule has 0 saturated heterocycles. The van der Waals surface area contributed by atoms with Crippen LogP contribution < -0.4 is 16.4 Å². The number of ether oxygens (including phenoxy) is 1. The van der Waals surface area contributed by atoms with Gasteiger partial charge in [0, 0.05) is 17.5 Å². The van der Waals surface area contributed by atoms with Gasteiger partial charge in [0.15, 0.2) is 12.3 Å². The molecule has 3 rings (SSSR count). The highest BCUT2D eigenvalue weighted by Crippen LogP contribution is 2.14. The second kappa shape index (κ2) is 8.79. The number of amides is 2. The minimum absolute atomic E-state index is 0.0665. The number of hydrogen-bond donors (Lipinski definition) is 2. The van der Waals surface area contributed by atoms with E-state index < -0.39 is 24.4 Å². The number of rotatable bonds is 5. The molecule has 0 bridgehead atoms. The van der Waals surface area contributed by atoms with E-state index in [1.807, 2.05) is 0 Å². The summed E-state index contributed by atoms with van der Waals surface area (Å²) in [7, 11) is 0. The van der Waals surface area contributed by atoms with E-state index in [1.54, 1.807) is 61.5 Å². The number of nitrogens with one attached hydrogen (secondary N) is 2. The Morgan fingerprint density at radius 1 is 0.966 bits per heavy atom. The molecule has 2 aromatic carbocycles. The molecule has 2 amide bonds. The van der Waals surface area contributed by atoms with Crippen molar-refractivity contribution in [1.82, 2.24) is 20.6 Å². The molecule has 0 aliphatic heterocycles. The van der Waals surface area contributed by atoms with Crippen molar-refractivity contribution in [2.45, 2.75) is 13.5 Å². The standard InChI is InChI=1S/C20H18N4O5/c1-2-24-19(27)15-11-7-6-10-14(15)17(23-24)20(28)29-12-16(25)21-22-18(26)13-8-4-3-5-9-13/h3-11H,2,12H2,1H3,(H,21,25)(H,22,26). The molecule has 29 heavy (non-hydrogen) atoms. The summed E-state index contributed by atoms with van der Waals surface area (Å²) >= 11 is 0. The Morgan fingerprint density at radius 3 is 2.31 bits per heavy atom. The maximum absolute atomic E-state index is 12.4. The monoisotopic (exact) mass is 394 g/mol. The number of esters is 1. The van der Waals surface area contributed by atoms with E-state index in [-0.39, 0.29) is 17.8 Å². The van der Waals surface area contributed by atoms with Gasteiger partial charge in [0.2, 0.25) is 0 Å². The third-order valence-electron chi connectivity index (χ3n) is 4.05. The Morgan fingerprint density at radius 2 is 1.62 bits per heavy atom. The van der Waals surface area contributed by atoms with E-state index in [4.69, 9.17) is 4.74 Å². The van der Waals surface area contributed by atoms with Crippen molar-refractivity contribution in [1.29, 1.82) is 0 Å². The lowest BCUT2D eigenvalue weighted by molar-refractivity contribution is -0.125. The predicted molar refractivity (Wildman–Crippen MR) is 104 cm³/mol. The van der Waals surface area contributed by atoms with Crippen molar-refractivity contribution in [2.75, 3.05) is 6.61 Å². The first-order valence-electron chi connectivity index (χ1n) is 8.82. The lowest BCUT2D eigenvalue weighted by Crippen LogP contribution is -2.43. The molecule has 0 spiro atoms. The number of aromatic nitrogens is 2. The Hall–Kier alpha value is -4.01. The Bertz CT molecular complexity index is 1120. The van der Waals surface area contributed by atoms with Crippen LogP contribution in [0.3, 0.4) is 0 Å². The normalized spacial score (nSPS) is 10.4. The number of carbonyl (C=O) groups is 3. The number of hydrazine groups is 1. The van der Waals surface area contributed by atoms with Gasteiger partial charge in [-0.25, -0.2) is 9.48 Å². The molecule has 9 nitrogen and oxygen atoms in total. The average molecular weight is 394 g/mol. The summed E-state index contributed by atoms with van der Waals surface area (Å²) in [5.41, 5.74) is 4.37. The Labute approximate surface area is 165 Å². The molecule has 0 radical (unpaired) electrons. The smallest absolute Gasteiger partial charge is 0.359 e. The molecular weight excluding hydrogens is 376 g/mol. The quantitative estimate of drug-likeness (QED) is 0.493. The van der Waals surface area contributed by atoms with Gasteiger partial charge in [-0.2, -0.15) is 5.10 Å². The van der Waals surface area contributed by atoms with E-state index in [9.17, 15) is 19.2 Å². The Balaban J connectivity index is 1.65. The van der Waals surface area contributed by atoms with Gasteiger partial charge in [-0.15, -0.1) is 0 Å². The predicted octanol–water partition coefficient (Wildman–Crippen LogP) is 1.03. The van der Waals surface area contributed by atoms with Crippen LogP contribution in [0.25, 0.3) is 10.8 Å². The lowest BCUT2D eigenvalue weighted by Gasteiger charge is -2.10. The van der Waals surface area contributed by atoms with Gasteiger partial charge in [-0.1, -0.05) is 36.4 Å². The maximum Gasteiger partial charge on any atom is 0.359 e. The van der Waals surface area contributed by atoms with Gasteiger partial charge in [-0.05, 0) is 25.1 Å². The molecule has 0 atom stereocenters. The molecule has 3 aromatic rings. The number of carbonyl (C=O) groups excluding carboxylic acids is 3. The van der Waals surface area contributed by atoms with Crippen LogP contribution in [0, 0.1) is 0 Å². The Kier molecular flexibility index (Phi) is 5.98. The zero-order chi connectivity index (χ0) is 20.8. The van der Waals surface area contributed by atoms with Crippen LogP contribution in [0.1, 0.15) is 27.8 Å². The fraction of sp³-hybridized carbons (Fsp3) is 0.150. The van der Waals surface area contributed by atoms with Crippen LogP contribution in [0.15, 0.2) is 59.4 Å². The summed E-state index contributed by atoms with van der Waals surface area (Å²) in [5.74, 6) is -2.09. The minimum Gasteiger partial charge on any atom is -0.451 e. The summed E-state index contributed by atoms with van der Waals surface area (Å²) in [4.78, 5) is 48.5. The van der Waals surface area contributed by atoms with Gasteiger partial charge in [-0.3, -0.25) is 25.2 Å². The number of hydrogen-bond acceptors (Lipinski definition) is 6. The van der Waals surface area contributed by atoms with Gasteiger partial charge in [0.05, 0.1) is 5.39 Å². The summed E-state index contributed by atoms with van der Waals surface area (Å²) in [6.45, 7) is 1.37. The van der Waals surface area contributed by atoms with Crippen molar-refractivity contribution in [3.63, 3.8) is 0 Å². The topological polar surface area (TPSA) is 119 Å². The van der Waals surface area contributed by atoms with Crippen molar-refractivity contribution >= 4 is 28.6 Å². The van der Waals surface area contributed by atoms with E-state index in [0.717, 1.165) is 4.68 Å². The molecule has 2 N–H and O–H groups in total. The van der Waals surface area contributed by atoms with E-state index in [2.05, 4.69) is 16.0 Å². The number of fused-ring (bicyclic) bond motifs is 1. The number of nitrogens with zero attached hydrogens (tertiary/aromatic N) is 2. The average Bonchev–Trinajstić information content (AvgIpc) is 2.76. The first-order chi connectivity index (χ1) is 14.0. The van der Waals surface area contributed by atoms with Crippen LogP contribution in [-0.2, 0) is 16.1 Å². The highest BCUT2D eigenvalue weighted by molar-refractivity contribution is 6.02. The zero-order valence-corrected chi connectivity index (χ0v) is 15.5. The summed E-state index contributed by atoms with van der Waals surface area (Å²) in [5, 5.41) is 4.71. The third kappa shape index (κ3) is 4.46. The molecule has 148 valence electrons. The van der Waals surface area contributed by atoms with Gasteiger partial charge in [0.25, 0.3) is 17.4 Å². The third-order valence-corrected chi connectivity index (χ3v) is 4.05. The molecule has 9 heteroatoms. The maximum atomic E-state index is 12.4. The zero-order valence-electron chi connectivity index (χ0n) is 15.5. The fourth-order valence-corrected chi connectivity index (χ4v) is 2.62.